The van der Waals surface area contributed by atoms with Gasteiger partial charge in [-0.05, 0) is 19.4 Å². The molecule has 0 saturated heterocycles. The number of thioether (sulfide) groups is 1. The lowest BCUT2D eigenvalue weighted by molar-refractivity contribution is 0.215. The SMILES string of the molecule is CCOP(=O)(OCC)C1(c2ccccc2)C=NN=C(N)S1. The Bertz CT molecular complexity index is 584. The normalized spacial score (nSPS) is 22.1. The van der Waals surface area contributed by atoms with E-state index in [0.717, 1.165) is 17.3 Å². The lowest BCUT2D eigenvalue weighted by Gasteiger charge is -2.36. The van der Waals surface area contributed by atoms with Crippen LogP contribution in [0.25, 0.3) is 0 Å². The number of nitrogens with zero attached hydrogens (tertiary/aromatic N) is 2. The van der Waals surface area contributed by atoms with Crippen molar-refractivity contribution in [3.63, 3.8) is 0 Å². The molecule has 0 amide bonds. The van der Waals surface area contributed by atoms with Crippen LogP contribution >= 0.6 is 19.4 Å². The van der Waals surface area contributed by atoms with Crippen molar-refractivity contribution in [2.24, 2.45) is 15.9 Å². The molecule has 0 spiro atoms. The molecule has 0 aliphatic carbocycles. The van der Waals surface area contributed by atoms with Crippen LogP contribution in [0.15, 0.2) is 40.5 Å². The molecule has 0 saturated carbocycles. The van der Waals surface area contributed by atoms with Crippen LogP contribution in [-0.4, -0.2) is 24.6 Å². The van der Waals surface area contributed by atoms with Crippen LogP contribution in [0.2, 0.25) is 0 Å². The Balaban J connectivity index is 2.59. The molecule has 2 rings (SSSR count). The Morgan fingerprint density at radius 1 is 1.24 bits per heavy atom. The van der Waals surface area contributed by atoms with Gasteiger partial charge >= 0.3 is 7.60 Å². The standard InChI is InChI=1S/C13H18N3O3PS/c1-3-18-20(17,19-4-2)13(10-15-16-12(14)21-13)11-8-6-5-7-9-11/h5-10H,3-4H2,1-2H3,(H2,14,16). The van der Waals surface area contributed by atoms with Gasteiger partial charge in [0.1, 0.15) is 0 Å². The third-order valence-electron chi connectivity index (χ3n) is 2.84. The van der Waals surface area contributed by atoms with Gasteiger partial charge in [0, 0.05) is 0 Å². The quantitative estimate of drug-likeness (QED) is 0.811. The number of amidine groups is 1. The maximum Gasteiger partial charge on any atom is 0.356 e. The summed E-state index contributed by atoms with van der Waals surface area (Å²) in [6.07, 6.45) is 1.50. The van der Waals surface area contributed by atoms with Crippen LogP contribution in [0, 0.1) is 0 Å². The maximum atomic E-state index is 13.4. The molecule has 1 aromatic rings. The number of nitrogens with two attached hydrogens (primary N) is 1. The molecule has 1 unspecified atom stereocenters. The summed E-state index contributed by atoms with van der Waals surface area (Å²) in [7, 11) is -3.53. The van der Waals surface area contributed by atoms with Crippen molar-refractivity contribution in [2.45, 2.75) is 18.3 Å². The molecular formula is C13H18N3O3PS. The van der Waals surface area contributed by atoms with Crippen molar-refractivity contribution in [2.75, 3.05) is 13.2 Å². The Hall–Kier alpha value is -1.14. The summed E-state index contributed by atoms with van der Waals surface area (Å²) in [5, 5.41) is 7.91. The van der Waals surface area contributed by atoms with Gasteiger partial charge in [-0.15, -0.1) is 5.10 Å². The predicted octanol–water partition coefficient (Wildman–Crippen LogP) is 3.15. The zero-order valence-electron chi connectivity index (χ0n) is 11.9. The van der Waals surface area contributed by atoms with E-state index in [-0.39, 0.29) is 18.4 Å². The monoisotopic (exact) mass is 327 g/mol. The van der Waals surface area contributed by atoms with E-state index in [9.17, 15) is 4.57 Å². The molecule has 114 valence electrons. The highest BCUT2D eigenvalue weighted by Gasteiger charge is 2.54. The molecule has 6 nitrogen and oxygen atoms in total. The van der Waals surface area contributed by atoms with Crippen molar-refractivity contribution in [3.8, 4) is 0 Å². The van der Waals surface area contributed by atoms with E-state index in [1.54, 1.807) is 13.8 Å². The van der Waals surface area contributed by atoms with Gasteiger partial charge in [-0.1, -0.05) is 42.1 Å². The number of rotatable bonds is 6. The predicted molar refractivity (Wildman–Crippen MR) is 86.7 cm³/mol. The van der Waals surface area contributed by atoms with E-state index in [4.69, 9.17) is 14.8 Å². The van der Waals surface area contributed by atoms with Crippen molar-refractivity contribution < 1.29 is 13.6 Å². The highest BCUT2D eigenvalue weighted by Crippen LogP contribution is 2.69. The van der Waals surface area contributed by atoms with Gasteiger partial charge in [-0.3, -0.25) is 4.57 Å². The van der Waals surface area contributed by atoms with E-state index in [1.165, 1.54) is 6.21 Å². The second kappa shape index (κ2) is 6.75. The van der Waals surface area contributed by atoms with Gasteiger partial charge in [0.15, 0.2) is 9.66 Å². The number of benzene rings is 1. The number of hydrogen-bond donors (Lipinski definition) is 1. The van der Waals surface area contributed by atoms with Gasteiger partial charge in [0.05, 0.1) is 19.4 Å². The van der Waals surface area contributed by atoms with E-state index < -0.39 is 12.1 Å². The average molecular weight is 327 g/mol. The van der Waals surface area contributed by atoms with Crippen LogP contribution in [0.5, 0.6) is 0 Å². The molecule has 21 heavy (non-hydrogen) atoms. The van der Waals surface area contributed by atoms with E-state index in [1.807, 2.05) is 30.3 Å². The molecule has 1 atom stereocenters. The molecule has 0 aromatic heterocycles. The molecule has 0 bridgehead atoms. The fourth-order valence-electron chi connectivity index (χ4n) is 2.03. The molecular weight excluding hydrogens is 309 g/mol. The molecule has 1 aliphatic rings. The second-order valence-corrected chi connectivity index (χ2v) is 7.97. The minimum absolute atomic E-state index is 0.223. The third-order valence-corrected chi connectivity index (χ3v) is 7.11. The summed E-state index contributed by atoms with van der Waals surface area (Å²) in [4.78, 5) is 0. The Labute approximate surface area is 128 Å². The fourth-order valence-corrected chi connectivity index (χ4v) is 5.64. The molecule has 1 heterocycles. The summed E-state index contributed by atoms with van der Waals surface area (Å²) in [6.45, 7) is 4.06. The number of hydrogen-bond acceptors (Lipinski definition) is 7. The van der Waals surface area contributed by atoms with Gasteiger partial charge < -0.3 is 14.8 Å². The van der Waals surface area contributed by atoms with Crippen LogP contribution in [-0.2, 0) is 18.1 Å². The summed E-state index contributed by atoms with van der Waals surface area (Å²) in [5.74, 6) is 0. The first-order chi connectivity index (χ1) is 10.1. The zero-order valence-corrected chi connectivity index (χ0v) is 13.6. The molecule has 8 heteroatoms. The maximum absolute atomic E-state index is 13.4. The first-order valence-corrected chi connectivity index (χ1v) is 8.95. The minimum Gasteiger partial charge on any atom is -0.377 e. The van der Waals surface area contributed by atoms with E-state index in [2.05, 4.69) is 10.2 Å². The zero-order chi connectivity index (χ0) is 15.3. The second-order valence-electron chi connectivity index (χ2n) is 4.18. The summed E-state index contributed by atoms with van der Waals surface area (Å²) in [6, 6.07) is 9.29. The smallest absolute Gasteiger partial charge is 0.356 e. The summed E-state index contributed by atoms with van der Waals surface area (Å²) in [5.41, 5.74) is 6.56. The third kappa shape index (κ3) is 3.06. The highest BCUT2D eigenvalue weighted by molar-refractivity contribution is 8.19. The topological polar surface area (TPSA) is 86.3 Å². The van der Waals surface area contributed by atoms with Crippen molar-refractivity contribution >= 4 is 30.7 Å². The summed E-state index contributed by atoms with van der Waals surface area (Å²) < 4.78 is 23.3. The molecule has 0 radical (unpaired) electrons. The van der Waals surface area contributed by atoms with Crippen LogP contribution in [0.3, 0.4) is 0 Å². The first kappa shape index (κ1) is 16.2. The molecule has 1 aliphatic heterocycles. The minimum atomic E-state index is -3.53. The van der Waals surface area contributed by atoms with Crippen molar-refractivity contribution in [3.05, 3.63) is 35.9 Å². The molecule has 0 fully saturated rings. The first-order valence-electron chi connectivity index (χ1n) is 6.59. The van der Waals surface area contributed by atoms with Gasteiger partial charge in [0.2, 0.25) is 0 Å². The summed E-state index contributed by atoms with van der Waals surface area (Å²) >= 11 is 1.14. The average Bonchev–Trinajstić information content (AvgIpc) is 2.48. The van der Waals surface area contributed by atoms with Gasteiger partial charge in [-0.25, -0.2) is 0 Å². The lowest BCUT2D eigenvalue weighted by Crippen LogP contribution is -2.32. The van der Waals surface area contributed by atoms with Crippen LogP contribution in [0.4, 0.5) is 0 Å². The van der Waals surface area contributed by atoms with Crippen molar-refractivity contribution in [1.82, 2.24) is 0 Å². The van der Waals surface area contributed by atoms with Crippen molar-refractivity contribution in [1.29, 1.82) is 0 Å². The van der Waals surface area contributed by atoms with E-state index in [0.29, 0.717) is 0 Å². The van der Waals surface area contributed by atoms with Crippen LogP contribution < -0.4 is 5.73 Å². The molecule has 1 aromatic carbocycles. The molecule has 2 N–H and O–H groups in total. The van der Waals surface area contributed by atoms with Gasteiger partial charge in [0.25, 0.3) is 0 Å². The van der Waals surface area contributed by atoms with E-state index >= 15 is 0 Å². The largest absolute Gasteiger partial charge is 0.377 e. The van der Waals surface area contributed by atoms with Gasteiger partial charge in [-0.2, -0.15) is 5.10 Å². The Kier molecular flexibility index (Phi) is 5.22. The fraction of sp³-hybridized carbons (Fsp3) is 0.385. The highest BCUT2D eigenvalue weighted by atomic mass is 32.2. The Morgan fingerprint density at radius 3 is 2.38 bits per heavy atom. The lowest BCUT2D eigenvalue weighted by atomic mass is 10.1. The Morgan fingerprint density at radius 2 is 1.86 bits per heavy atom. The van der Waals surface area contributed by atoms with Crippen LogP contribution in [0.1, 0.15) is 19.4 Å².